The SMILES string of the molecule is CN=C(NCCOc1cccc(NC(C)=O)c1)NCC(C)c1ccccc1.I. The van der Waals surface area contributed by atoms with E-state index in [4.69, 9.17) is 4.74 Å². The summed E-state index contributed by atoms with van der Waals surface area (Å²) in [5, 5.41) is 9.31. The van der Waals surface area contributed by atoms with Gasteiger partial charge in [-0.3, -0.25) is 9.79 Å². The summed E-state index contributed by atoms with van der Waals surface area (Å²) in [6, 6.07) is 17.7. The second-order valence-corrected chi connectivity index (χ2v) is 6.25. The summed E-state index contributed by atoms with van der Waals surface area (Å²) < 4.78 is 5.72. The van der Waals surface area contributed by atoms with Crippen molar-refractivity contribution in [2.45, 2.75) is 19.8 Å². The molecule has 0 bridgehead atoms. The van der Waals surface area contributed by atoms with Gasteiger partial charge in [-0.05, 0) is 23.6 Å². The number of aliphatic imine (C=N–C) groups is 1. The molecule has 0 aliphatic heterocycles. The van der Waals surface area contributed by atoms with E-state index in [0.29, 0.717) is 24.8 Å². The Kier molecular flexibility index (Phi) is 11.0. The molecule has 2 aromatic rings. The van der Waals surface area contributed by atoms with E-state index in [9.17, 15) is 4.79 Å². The Balaban J connectivity index is 0.00000392. The van der Waals surface area contributed by atoms with Crippen LogP contribution >= 0.6 is 24.0 Å². The highest BCUT2D eigenvalue weighted by atomic mass is 127. The van der Waals surface area contributed by atoms with Crippen molar-refractivity contribution in [2.75, 3.05) is 32.1 Å². The molecule has 152 valence electrons. The van der Waals surface area contributed by atoms with Crippen molar-refractivity contribution in [3.05, 3.63) is 60.2 Å². The third-order valence-corrected chi connectivity index (χ3v) is 3.99. The van der Waals surface area contributed by atoms with Gasteiger partial charge in [0.15, 0.2) is 5.96 Å². The maximum Gasteiger partial charge on any atom is 0.221 e. The lowest BCUT2D eigenvalue weighted by Gasteiger charge is -2.16. The minimum atomic E-state index is -0.103. The van der Waals surface area contributed by atoms with Crippen molar-refractivity contribution in [1.29, 1.82) is 0 Å². The van der Waals surface area contributed by atoms with Crippen LogP contribution in [-0.2, 0) is 4.79 Å². The second-order valence-electron chi connectivity index (χ2n) is 6.25. The van der Waals surface area contributed by atoms with E-state index in [-0.39, 0.29) is 29.9 Å². The standard InChI is InChI=1S/C21H28N4O2.HI/c1-16(18-8-5-4-6-9-18)15-24-21(22-3)23-12-13-27-20-11-7-10-19(14-20)25-17(2)26;/h4-11,14,16H,12-13,15H2,1-3H3,(H,25,26)(H2,22,23,24);1H. The minimum absolute atomic E-state index is 0. The fourth-order valence-corrected chi connectivity index (χ4v) is 2.58. The van der Waals surface area contributed by atoms with Crippen LogP contribution in [0.25, 0.3) is 0 Å². The van der Waals surface area contributed by atoms with Gasteiger partial charge in [0.1, 0.15) is 12.4 Å². The fraction of sp³-hybridized carbons (Fsp3) is 0.333. The predicted octanol–water partition coefficient (Wildman–Crippen LogP) is 3.61. The van der Waals surface area contributed by atoms with Gasteiger partial charge < -0.3 is 20.7 Å². The molecule has 3 N–H and O–H groups in total. The number of halogens is 1. The molecule has 0 saturated carbocycles. The van der Waals surface area contributed by atoms with Crippen LogP contribution in [0.4, 0.5) is 5.69 Å². The normalized spacial score (nSPS) is 11.8. The van der Waals surface area contributed by atoms with Crippen LogP contribution < -0.4 is 20.7 Å². The van der Waals surface area contributed by atoms with Crippen molar-refractivity contribution in [2.24, 2.45) is 4.99 Å². The van der Waals surface area contributed by atoms with Crippen molar-refractivity contribution >= 4 is 41.5 Å². The van der Waals surface area contributed by atoms with E-state index >= 15 is 0 Å². The summed E-state index contributed by atoms with van der Waals surface area (Å²) in [7, 11) is 1.75. The molecule has 7 heteroatoms. The Morgan fingerprint density at radius 2 is 1.86 bits per heavy atom. The number of nitrogens with zero attached hydrogens (tertiary/aromatic N) is 1. The van der Waals surface area contributed by atoms with Gasteiger partial charge in [0.05, 0.1) is 6.54 Å². The lowest BCUT2D eigenvalue weighted by molar-refractivity contribution is -0.114. The van der Waals surface area contributed by atoms with Crippen molar-refractivity contribution in [3.63, 3.8) is 0 Å². The average molecular weight is 496 g/mol. The molecule has 1 atom stereocenters. The molecular formula is C21H29IN4O2. The Labute approximate surface area is 184 Å². The molecule has 1 unspecified atom stereocenters. The van der Waals surface area contributed by atoms with Crippen LogP contribution in [-0.4, -0.2) is 38.6 Å². The summed E-state index contributed by atoms with van der Waals surface area (Å²) in [5.74, 6) is 1.74. The maximum absolute atomic E-state index is 11.1. The summed E-state index contributed by atoms with van der Waals surface area (Å²) in [4.78, 5) is 15.3. The van der Waals surface area contributed by atoms with Gasteiger partial charge >= 0.3 is 0 Å². The van der Waals surface area contributed by atoms with Gasteiger partial charge in [-0.15, -0.1) is 24.0 Å². The number of hydrogen-bond donors (Lipinski definition) is 3. The lowest BCUT2D eigenvalue weighted by atomic mass is 10.0. The van der Waals surface area contributed by atoms with Crippen LogP contribution in [0.1, 0.15) is 25.3 Å². The topological polar surface area (TPSA) is 74.8 Å². The molecule has 1 amide bonds. The summed E-state index contributed by atoms with van der Waals surface area (Å²) >= 11 is 0. The lowest BCUT2D eigenvalue weighted by Crippen LogP contribution is -2.40. The van der Waals surface area contributed by atoms with E-state index in [1.54, 1.807) is 13.1 Å². The number of hydrogen-bond acceptors (Lipinski definition) is 3. The molecule has 0 heterocycles. The third-order valence-electron chi connectivity index (χ3n) is 3.99. The molecule has 2 aromatic carbocycles. The number of carbonyl (C=O) groups excluding carboxylic acids is 1. The van der Waals surface area contributed by atoms with Crippen LogP contribution in [0.3, 0.4) is 0 Å². The molecule has 6 nitrogen and oxygen atoms in total. The molecule has 0 fully saturated rings. The molecule has 0 aromatic heterocycles. The molecule has 0 aliphatic rings. The molecule has 0 aliphatic carbocycles. The second kappa shape index (κ2) is 13.0. The number of ether oxygens (including phenoxy) is 1. The Morgan fingerprint density at radius 1 is 1.11 bits per heavy atom. The number of benzene rings is 2. The molecule has 28 heavy (non-hydrogen) atoms. The number of nitrogens with one attached hydrogen (secondary N) is 3. The number of guanidine groups is 1. The third kappa shape index (κ3) is 8.60. The predicted molar refractivity (Wildman–Crippen MR) is 126 cm³/mol. The maximum atomic E-state index is 11.1. The van der Waals surface area contributed by atoms with E-state index in [2.05, 4.69) is 52.1 Å². The zero-order chi connectivity index (χ0) is 19.5. The zero-order valence-electron chi connectivity index (χ0n) is 16.6. The smallest absolute Gasteiger partial charge is 0.221 e. The minimum Gasteiger partial charge on any atom is -0.492 e. The van der Waals surface area contributed by atoms with Crippen molar-refractivity contribution in [3.8, 4) is 5.75 Å². The Morgan fingerprint density at radius 3 is 2.54 bits per heavy atom. The molecule has 0 saturated heterocycles. The van der Waals surface area contributed by atoms with E-state index in [1.165, 1.54) is 12.5 Å². The average Bonchev–Trinajstić information content (AvgIpc) is 2.67. The largest absolute Gasteiger partial charge is 0.492 e. The summed E-state index contributed by atoms with van der Waals surface area (Å²) in [6.45, 7) is 5.56. The molecule has 2 rings (SSSR count). The quantitative estimate of drug-likeness (QED) is 0.226. The number of carbonyl (C=O) groups is 1. The fourth-order valence-electron chi connectivity index (χ4n) is 2.58. The highest BCUT2D eigenvalue weighted by molar-refractivity contribution is 14.0. The first-order valence-electron chi connectivity index (χ1n) is 9.08. The highest BCUT2D eigenvalue weighted by Gasteiger charge is 2.06. The highest BCUT2D eigenvalue weighted by Crippen LogP contribution is 2.17. The number of rotatable bonds is 8. The molecular weight excluding hydrogens is 467 g/mol. The summed E-state index contributed by atoms with van der Waals surface area (Å²) in [6.07, 6.45) is 0. The van der Waals surface area contributed by atoms with Gasteiger partial charge in [-0.25, -0.2) is 0 Å². The number of amides is 1. The van der Waals surface area contributed by atoms with E-state index in [0.717, 1.165) is 18.2 Å². The van der Waals surface area contributed by atoms with Gasteiger partial charge in [0, 0.05) is 32.3 Å². The van der Waals surface area contributed by atoms with Crippen molar-refractivity contribution in [1.82, 2.24) is 10.6 Å². The van der Waals surface area contributed by atoms with Crippen LogP contribution in [0.15, 0.2) is 59.6 Å². The van der Waals surface area contributed by atoms with Gasteiger partial charge in [-0.1, -0.05) is 43.3 Å². The van der Waals surface area contributed by atoms with Crippen LogP contribution in [0, 0.1) is 0 Å². The first-order valence-corrected chi connectivity index (χ1v) is 9.08. The number of anilines is 1. The monoisotopic (exact) mass is 496 g/mol. The van der Waals surface area contributed by atoms with Crippen molar-refractivity contribution < 1.29 is 9.53 Å². The van der Waals surface area contributed by atoms with Crippen LogP contribution in [0.5, 0.6) is 5.75 Å². The Bertz CT molecular complexity index is 753. The zero-order valence-corrected chi connectivity index (χ0v) is 18.9. The first kappa shape index (κ1) is 23.7. The first-order chi connectivity index (χ1) is 13.1. The van der Waals surface area contributed by atoms with Gasteiger partial charge in [0.2, 0.25) is 5.91 Å². The summed E-state index contributed by atoms with van der Waals surface area (Å²) in [5.41, 5.74) is 2.02. The van der Waals surface area contributed by atoms with Crippen LogP contribution in [0.2, 0.25) is 0 Å². The molecule has 0 spiro atoms. The molecule has 0 radical (unpaired) electrons. The Hall–Kier alpha value is -2.29. The van der Waals surface area contributed by atoms with Gasteiger partial charge in [0.25, 0.3) is 0 Å². The van der Waals surface area contributed by atoms with Gasteiger partial charge in [-0.2, -0.15) is 0 Å². The van der Waals surface area contributed by atoms with E-state index in [1.807, 2.05) is 24.3 Å². The van der Waals surface area contributed by atoms with E-state index < -0.39 is 0 Å².